The average molecular weight is 533 g/mol. The molecule has 0 atom stereocenters. The average Bonchev–Trinajstić information content (AvgIpc) is 2.94. The van der Waals surface area contributed by atoms with Gasteiger partial charge in [0.2, 0.25) is 5.95 Å². The number of hydrogen-bond acceptors (Lipinski definition) is 4. The molecule has 6 heteroatoms. The monoisotopic (exact) mass is 532 g/mol. The van der Waals surface area contributed by atoms with E-state index in [0.29, 0.717) is 21.8 Å². The van der Waals surface area contributed by atoms with E-state index in [1.54, 1.807) is 0 Å². The van der Waals surface area contributed by atoms with Gasteiger partial charge in [-0.05, 0) is 65.2 Å². The second-order valence-electron chi connectivity index (χ2n) is 8.82. The third-order valence-electron chi connectivity index (χ3n) is 6.16. The number of nitrogens with one attached hydrogen (secondary N) is 2. The van der Waals surface area contributed by atoms with E-state index in [4.69, 9.17) is 33.2 Å². The van der Waals surface area contributed by atoms with E-state index in [2.05, 4.69) is 47.0 Å². The second kappa shape index (κ2) is 10.5. The van der Waals surface area contributed by atoms with Crippen molar-refractivity contribution in [2.75, 3.05) is 10.6 Å². The maximum atomic E-state index is 6.30. The van der Waals surface area contributed by atoms with Crippen LogP contribution in [0.2, 0.25) is 10.0 Å². The lowest BCUT2D eigenvalue weighted by molar-refractivity contribution is 1.21. The lowest BCUT2D eigenvalue weighted by atomic mass is 9.95. The Morgan fingerprint density at radius 1 is 0.500 bits per heavy atom. The fraction of sp³-hybridized carbons (Fsp3) is 0. The predicted molar refractivity (Wildman–Crippen MR) is 160 cm³/mol. The van der Waals surface area contributed by atoms with Crippen molar-refractivity contribution in [3.05, 3.63) is 131 Å². The van der Waals surface area contributed by atoms with Gasteiger partial charge < -0.3 is 10.6 Å². The summed E-state index contributed by atoms with van der Waals surface area (Å²) in [6.45, 7) is 0. The Bertz CT molecular complexity index is 1740. The van der Waals surface area contributed by atoms with Crippen LogP contribution in [0.25, 0.3) is 33.2 Å². The van der Waals surface area contributed by atoms with E-state index < -0.39 is 0 Å². The maximum Gasteiger partial charge on any atom is 0.229 e. The van der Waals surface area contributed by atoms with Crippen molar-refractivity contribution in [3.63, 3.8) is 0 Å². The summed E-state index contributed by atoms with van der Waals surface area (Å²) in [4.78, 5) is 9.90. The first-order valence-corrected chi connectivity index (χ1v) is 12.9. The van der Waals surface area contributed by atoms with Crippen LogP contribution in [0.3, 0.4) is 0 Å². The molecule has 0 fully saturated rings. The standard InChI is InChI=1S/C32H22Cl2N4/c33-24-13-7-15-26(19-24)35-31-29-18-23(21-9-3-1-4-10-21)17-28(22-11-5-2-6-12-22)30(29)37-32(38-31)36-27-16-8-14-25(34)20-27/h1-20H,(H2,35,36,37,38). The summed E-state index contributed by atoms with van der Waals surface area (Å²) in [6.07, 6.45) is 0. The van der Waals surface area contributed by atoms with Crippen LogP contribution in [0.4, 0.5) is 23.1 Å². The first-order valence-electron chi connectivity index (χ1n) is 12.1. The molecule has 0 aliphatic rings. The SMILES string of the molecule is Clc1cccc(Nc2nc(Nc3cccc(Cl)c3)c3cc(-c4ccccc4)cc(-c4ccccc4)c3n2)c1. The van der Waals surface area contributed by atoms with Gasteiger partial charge in [-0.1, -0.05) is 96.0 Å². The van der Waals surface area contributed by atoms with Crippen molar-refractivity contribution >= 4 is 57.2 Å². The molecule has 0 amide bonds. The molecule has 2 N–H and O–H groups in total. The van der Waals surface area contributed by atoms with Crippen molar-refractivity contribution < 1.29 is 0 Å². The zero-order chi connectivity index (χ0) is 25.9. The van der Waals surface area contributed by atoms with Gasteiger partial charge in [-0.2, -0.15) is 4.98 Å². The summed E-state index contributed by atoms with van der Waals surface area (Å²) in [7, 11) is 0. The summed E-state index contributed by atoms with van der Waals surface area (Å²) < 4.78 is 0. The highest BCUT2D eigenvalue weighted by molar-refractivity contribution is 6.31. The van der Waals surface area contributed by atoms with Crippen molar-refractivity contribution in [3.8, 4) is 22.3 Å². The molecule has 0 radical (unpaired) electrons. The number of aromatic nitrogens is 2. The topological polar surface area (TPSA) is 49.8 Å². The summed E-state index contributed by atoms with van der Waals surface area (Å²) in [5, 5.41) is 8.97. The van der Waals surface area contributed by atoms with E-state index in [1.165, 1.54) is 0 Å². The second-order valence-corrected chi connectivity index (χ2v) is 9.69. The molecular weight excluding hydrogens is 511 g/mol. The normalized spacial score (nSPS) is 10.9. The lowest BCUT2D eigenvalue weighted by Gasteiger charge is -2.16. The van der Waals surface area contributed by atoms with E-state index in [9.17, 15) is 0 Å². The van der Waals surface area contributed by atoms with Gasteiger partial charge in [0.1, 0.15) is 5.82 Å². The molecular formula is C32H22Cl2N4. The van der Waals surface area contributed by atoms with Crippen molar-refractivity contribution in [2.45, 2.75) is 0 Å². The van der Waals surface area contributed by atoms with Crippen molar-refractivity contribution in [1.29, 1.82) is 0 Å². The Labute approximate surface area is 230 Å². The number of hydrogen-bond donors (Lipinski definition) is 2. The van der Waals surface area contributed by atoms with Gasteiger partial charge in [0.15, 0.2) is 0 Å². The number of halogens is 2. The van der Waals surface area contributed by atoms with Crippen LogP contribution >= 0.6 is 23.2 Å². The fourth-order valence-corrected chi connectivity index (χ4v) is 4.80. The van der Waals surface area contributed by atoms with Crippen LogP contribution in [-0.4, -0.2) is 9.97 Å². The summed E-state index contributed by atoms with van der Waals surface area (Å²) >= 11 is 12.5. The molecule has 184 valence electrons. The molecule has 1 aromatic heterocycles. The number of rotatable bonds is 6. The van der Waals surface area contributed by atoms with Crippen LogP contribution in [0.1, 0.15) is 0 Å². The smallest absolute Gasteiger partial charge is 0.229 e. The van der Waals surface area contributed by atoms with Crippen LogP contribution in [0.5, 0.6) is 0 Å². The van der Waals surface area contributed by atoms with Crippen LogP contribution in [0.15, 0.2) is 121 Å². The minimum absolute atomic E-state index is 0.453. The zero-order valence-electron chi connectivity index (χ0n) is 20.2. The van der Waals surface area contributed by atoms with Gasteiger partial charge in [0, 0.05) is 32.4 Å². The fourth-order valence-electron chi connectivity index (χ4n) is 4.42. The molecule has 0 saturated heterocycles. The van der Waals surface area contributed by atoms with Crippen LogP contribution in [-0.2, 0) is 0 Å². The number of fused-ring (bicyclic) bond motifs is 1. The molecule has 6 aromatic rings. The highest BCUT2D eigenvalue weighted by Gasteiger charge is 2.16. The molecule has 0 bridgehead atoms. The molecule has 0 aliphatic heterocycles. The van der Waals surface area contributed by atoms with E-state index >= 15 is 0 Å². The highest BCUT2D eigenvalue weighted by atomic mass is 35.5. The summed E-state index contributed by atoms with van der Waals surface area (Å²) in [5.74, 6) is 1.12. The van der Waals surface area contributed by atoms with Crippen LogP contribution in [0, 0.1) is 0 Å². The molecule has 1 heterocycles. The zero-order valence-corrected chi connectivity index (χ0v) is 21.7. The Morgan fingerprint density at radius 3 is 1.74 bits per heavy atom. The van der Waals surface area contributed by atoms with Crippen molar-refractivity contribution in [2.24, 2.45) is 0 Å². The Kier molecular flexibility index (Phi) is 6.65. The van der Waals surface area contributed by atoms with E-state index in [1.807, 2.05) is 84.9 Å². The third kappa shape index (κ3) is 5.18. The largest absolute Gasteiger partial charge is 0.340 e. The van der Waals surface area contributed by atoms with Crippen LogP contribution < -0.4 is 10.6 Å². The van der Waals surface area contributed by atoms with Gasteiger partial charge in [0.05, 0.1) is 5.52 Å². The minimum Gasteiger partial charge on any atom is -0.340 e. The van der Waals surface area contributed by atoms with Gasteiger partial charge >= 0.3 is 0 Å². The summed E-state index contributed by atoms with van der Waals surface area (Å²) in [5.41, 5.74) is 6.71. The molecule has 5 aromatic carbocycles. The molecule has 0 aliphatic carbocycles. The number of anilines is 4. The molecule has 0 spiro atoms. The van der Waals surface area contributed by atoms with Gasteiger partial charge in [0.25, 0.3) is 0 Å². The minimum atomic E-state index is 0.453. The molecule has 0 unspecified atom stereocenters. The highest BCUT2D eigenvalue weighted by Crippen LogP contribution is 2.37. The first kappa shape index (κ1) is 24.0. The Hall–Kier alpha value is -4.38. The predicted octanol–water partition coefficient (Wildman–Crippen LogP) is 9.76. The molecule has 4 nitrogen and oxygen atoms in total. The molecule has 6 rings (SSSR count). The van der Waals surface area contributed by atoms with Gasteiger partial charge in [-0.25, -0.2) is 4.98 Å². The van der Waals surface area contributed by atoms with Gasteiger partial charge in [-0.3, -0.25) is 0 Å². The summed E-state index contributed by atoms with van der Waals surface area (Å²) in [6, 6.07) is 40.0. The van der Waals surface area contributed by atoms with E-state index in [-0.39, 0.29) is 0 Å². The van der Waals surface area contributed by atoms with Gasteiger partial charge in [-0.15, -0.1) is 0 Å². The van der Waals surface area contributed by atoms with Crippen molar-refractivity contribution in [1.82, 2.24) is 9.97 Å². The lowest BCUT2D eigenvalue weighted by Crippen LogP contribution is -2.03. The maximum absolute atomic E-state index is 6.30. The Balaban J connectivity index is 1.60. The quantitative estimate of drug-likeness (QED) is 0.224. The first-order chi connectivity index (χ1) is 18.6. The molecule has 38 heavy (non-hydrogen) atoms. The number of nitrogens with zero attached hydrogens (tertiary/aromatic N) is 2. The Morgan fingerprint density at radius 2 is 1.11 bits per heavy atom. The number of benzene rings is 5. The van der Waals surface area contributed by atoms with E-state index in [0.717, 1.165) is 44.5 Å². The molecule has 0 saturated carbocycles. The third-order valence-corrected chi connectivity index (χ3v) is 6.63.